The maximum absolute atomic E-state index is 12.5. The maximum atomic E-state index is 12.5. The molecule has 0 bridgehead atoms. The molecule has 6 nitrogen and oxygen atoms in total. The quantitative estimate of drug-likeness (QED) is 0.733. The zero-order valence-electron chi connectivity index (χ0n) is 14.5. The van der Waals surface area contributed by atoms with E-state index in [1.165, 1.54) is 4.57 Å². The number of aromatic nitrogens is 2. The second kappa shape index (κ2) is 6.93. The SMILES string of the molecule is CCOC(=O)Cc1cn(C(=O)OC(C)(C)C)c2cc(Br)c(C)nc12. The van der Waals surface area contributed by atoms with Gasteiger partial charge in [0.15, 0.2) is 0 Å². The first-order valence-electron chi connectivity index (χ1n) is 7.68. The third-order valence-corrected chi connectivity index (χ3v) is 4.01. The van der Waals surface area contributed by atoms with Crippen molar-refractivity contribution in [3.8, 4) is 0 Å². The summed E-state index contributed by atoms with van der Waals surface area (Å²) in [4.78, 5) is 28.8. The van der Waals surface area contributed by atoms with Crippen LogP contribution in [0.15, 0.2) is 16.7 Å². The number of esters is 1. The van der Waals surface area contributed by atoms with Crippen molar-refractivity contribution in [3.05, 3.63) is 28.0 Å². The van der Waals surface area contributed by atoms with E-state index in [-0.39, 0.29) is 12.4 Å². The number of hydrogen-bond acceptors (Lipinski definition) is 5. The van der Waals surface area contributed by atoms with Crippen LogP contribution in [-0.4, -0.2) is 33.8 Å². The van der Waals surface area contributed by atoms with Crippen LogP contribution in [0, 0.1) is 6.92 Å². The molecular weight excluding hydrogens is 376 g/mol. The van der Waals surface area contributed by atoms with Crippen molar-refractivity contribution >= 4 is 39.0 Å². The summed E-state index contributed by atoms with van der Waals surface area (Å²) < 4.78 is 12.6. The van der Waals surface area contributed by atoms with E-state index in [2.05, 4.69) is 20.9 Å². The van der Waals surface area contributed by atoms with Crippen LogP contribution >= 0.6 is 15.9 Å². The molecule has 0 aliphatic heterocycles. The minimum Gasteiger partial charge on any atom is -0.466 e. The lowest BCUT2D eigenvalue weighted by Gasteiger charge is -2.19. The van der Waals surface area contributed by atoms with Crippen molar-refractivity contribution in [1.82, 2.24) is 9.55 Å². The average molecular weight is 397 g/mol. The Morgan fingerprint density at radius 1 is 1.33 bits per heavy atom. The molecule has 0 radical (unpaired) electrons. The van der Waals surface area contributed by atoms with Gasteiger partial charge in [0.1, 0.15) is 5.60 Å². The number of carbonyl (C=O) groups excluding carboxylic acids is 2. The molecule has 2 heterocycles. The van der Waals surface area contributed by atoms with Crippen LogP contribution in [0.1, 0.15) is 39.0 Å². The smallest absolute Gasteiger partial charge is 0.419 e. The summed E-state index contributed by atoms with van der Waals surface area (Å²) in [6.45, 7) is 9.31. The van der Waals surface area contributed by atoms with Gasteiger partial charge in [-0.1, -0.05) is 0 Å². The number of aryl methyl sites for hydroxylation is 1. The Morgan fingerprint density at radius 2 is 2.00 bits per heavy atom. The van der Waals surface area contributed by atoms with Crippen LogP contribution in [0.3, 0.4) is 0 Å². The molecule has 2 rings (SSSR count). The first-order chi connectivity index (χ1) is 11.1. The molecule has 0 amide bonds. The Labute approximate surface area is 149 Å². The summed E-state index contributed by atoms with van der Waals surface area (Å²) >= 11 is 3.43. The first-order valence-corrected chi connectivity index (χ1v) is 8.47. The number of halogens is 1. The van der Waals surface area contributed by atoms with Crippen molar-refractivity contribution in [2.75, 3.05) is 6.61 Å². The number of hydrogen-bond donors (Lipinski definition) is 0. The van der Waals surface area contributed by atoms with E-state index in [1.807, 2.05) is 6.92 Å². The molecular formula is C17H21BrN2O4. The monoisotopic (exact) mass is 396 g/mol. The molecule has 0 N–H and O–H groups in total. The largest absolute Gasteiger partial charge is 0.466 e. The lowest BCUT2D eigenvalue weighted by molar-refractivity contribution is -0.142. The topological polar surface area (TPSA) is 70.4 Å². The number of pyridine rings is 1. The van der Waals surface area contributed by atoms with Gasteiger partial charge in [-0.05, 0) is 56.6 Å². The maximum Gasteiger partial charge on any atom is 0.419 e. The van der Waals surface area contributed by atoms with Crippen LogP contribution < -0.4 is 0 Å². The normalized spacial score (nSPS) is 11.6. The van der Waals surface area contributed by atoms with Gasteiger partial charge in [-0.15, -0.1) is 0 Å². The fraction of sp³-hybridized carbons (Fsp3) is 0.471. The highest BCUT2D eigenvalue weighted by atomic mass is 79.9. The number of ether oxygens (including phenoxy) is 2. The van der Waals surface area contributed by atoms with Crippen LogP contribution in [0.2, 0.25) is 0 Å². The van der Waals surface area contributed by atoms with Gasteiger partial charge in [-0.25, -0.2) is 4.79 Å². The molecule has 0 unspecified atom stereocenters. The molecule has 0 saturated carbocycles. The molecule has 7 heteroatoms. The molecule has 130 valence electrons. The van der Waals surface area contributed by atoms with Crippen molar-refractivity contribution < 1.29 is 19.1 Å². The van der Waals surface area contributed by atoms with Gasteiger partial charge in [0.25, 0.3) is 0 Å². The molecule has 0 atom stereocenters. The predicted octanol–water partition coefficient (Wildman–Crippen LogP) is 4.00. The lowest BCUT2D eigenvalue weighted by atomic mass is 10.2. The highest BCUT2D eigenvalue weighted by Crippen LogP contribution is 2.26. The Morgan fingerprint density at radius 3 is 2.58 bits per heavy atom. The molecule has 24 heavy (non-hydrogen) atoms. The van der Waals surface area contributed by atoms with Crippen LogP contribution in [0.25, 0.3) is 11.0 Å². The average Bonchev–Trinajstić information content (AvgIpc) is 2.76. The molecule has 0 saturated heterocycles. The van der Waals surface area contributed by atoms with Crippen LogP contribution in [0.4, 0.5) is 4.79 Å². The lowest BCUT2D eigenvalue weighted by Crippen LogP contribution is -2.26. The fourth-order valence-corrected chi connectivity index (χ4v) is 2.54. The summed E-state index contributed by atoms with van der Waals surface area (Å²) in [5.41, 5.74) is 1.96. The van der Waals surface area contributed by atoms with E-state index in [4.69, 9.17) is 9.47 Å². The van der Waals surface area contributed by atoms with Crippen LogP contribution in [0.5, 0.6) is 0 Å². The van der Waals surface area contributed by atoms with Gasteiger partial charge >= 0.3 is 12.1 Å². The van der Waals surface area contributed by atoms with E-state index in [1.54, 1.807) is 40.0 Å². The second-order valence-electron chi connectivity index (χ2n) is 6.41. The number of nitrogens with zero attached hydrogens (tertiary/aromatic N) is 2. The Bertz CT molecular complexity index is 790. The van der Waals surface area contributed by atoms with Crippen molar-refractivity contribution in [1.29, 1.82) is 0 Å². The number of carbonyl (C=O) groups is 2. The molecule has 0 spiro atoms. The highest BCUT2D eigenvalue weighted by molar-refractivity contribution is 9.10. The van der Waals surface area contributed by atoms with Gasteiger partial charge in [-0.3, -0.25) is 14.3 Å². The van der Waals surface area contributed by atoms with E-state index in [0.29, 0.717) is 23.2 Å². The van der Waals surface area contributed by atoms with E-state index in [0.717, 1.165) is 10.2 Å². The second-order valence-corrected chi connectivity index (χ2v) is 7.26. The Kier molecular flexibility index (Phi) is 5.32. The third kappa shape index (κ3) is 4.14. The van der Waals surface area contributed by atoms with Crippen LogP contribution in [-0.2, 0) is 20.7 Å². The van der Waals surface area contributed by atoms with Gasteiger partial charge < -0.3 is 9.47 Å². The molecule has 2 aromatic heterocycles. The summed E-state index contributed by atoms with van der Waals surface area (Å²) in [6, 6.07) is 1.80. The Hall–Kier alpha value is -1.89. The van der Waals surface area contributed by atoms with Gasteiger partial charge in [0.05, 0.1) is 29.8 Å². The zero-order valence-corrected chi connectivity index (χ0v) is 16.1. The van der Waals surface area contributed by atoms with Gasteiger partial charge in [0.2, 0.25) is 0 Å². The van der Waals surface area contributed by atoms with E-state index >= 15 is 0 Å². The summed E-state index contributed by atoms with van der Waals surface area (Å²) in [7, 11) is 0. The molecule has 2 aromatic rings. The summed E-state index contributed by atoms with van der Waals surface area (Å²) in [6.07, 6.45) is 1.13. The van der Waals surface area contributed by atoms with Gasteiger partial charge in [-0.2, -0.15) is 0 Å². The summed E-state index contributed by atoms with van der Waals surface area (Å²) in [5.74, 6) is -0.358. The zero-order chi connectivity index (χ0) is 18.1. The van der Waals surface area contributed by atoms with Crippen molar-refractivity contribution in [2.45, 2.75) is 46.6 Å². The standard InChI is InChI=1S/C17H21BrN2O4/c1-6-23-14(21)7-11-9-20(16(22)24-17(3,4)5)13-8-12(18)10(2)19-15(11)13/h8-9H,6-7H2,1-5H3. The number of rotatable bonds is 3. The third-order valence-electron chi connectivity index (χ3n) is 3.21. The highest BCUT2D eigenvalue weighted by Gasteiger charge is 2.23. The Balaban J connectivity index is 2.53. The van der Waals surface area contributed by atoms with E-state index in [9.17, 15) is 9.59 Å². The van der Waals surface area contributed by atoms with E-state index < -0.39 is 11.7 Å². The van der Waals surface area contributed by atoms with Crippen molar-refractivity contribution in [3.63, 3.8) is 0 Å². The minimum absolute atomic E-state index is 0.0498. The molecule has 0 fully saturated rings. The molecule has 0 aliphatic carbocycles. The summed E-state index contributed by atoms with van der Waals surface area (Å²) in [5, 5.41) is 0. The molecule has 0 aliphatic rings. The number of fused-ring (bicyclic) bond motifs is 1. The molecule has 0 aromatic carbocycles. The minimum atomic E-state index is -0.621. The first kappa shape index (κ1) is 18.4. The fourth-order valence-electron chi connectivity index (χ4n) is 2.24. The predicted molar refractivity (Wildman–Crippen MR) is 94.1 cm³/mol. The van der Waals surface area contributed by atoms with Crippen molar-refractivity contribution in [2.24, 2.45) is 0 Å². The van der Waals surface area contributed by atoms with Gasteiger partial charge in [0, 0.05) is 16.2 Å².